The summed E-state index contributed by atoms with van der Waals surface area (Å²) < 4.78 is 5.78. The molecular formula is C14H22ClNO. The van der Waals surface area contributed by atoms with Crippen molar-refractivity contribution in [1.82, 2.24) is 0 Å². The summed E-state index contributed by atoms with van der Waals surface area (Å²) in [5, 5.41) is 0.689. The standard InChI is InChI=1S/C14H22ClNO/c1-3-4-5-9-14(16)11(2)17-13-8-6-7-12(15)10-13/h6-8,10-11,14H,3-5,9,16H2,1-2H3. The van der Waals surface area contributed by atoms with E-state index in [4.69, 9.17) is 22.1 Å². The van der Waals surface area contributed by atoms with Crippen molar-refractivity contribution in [2.24, 2.45) is 5.73 Å². The molecule has 0 aromatic heterocycles. The quantitative estimate of drug-likeness (QED) is 0.747. The van der Waals surface area contributed by atoms with E-state index >= 15 is 0 Å². The largest absolute Gasteiger partial charge is 0.489 e. The second-order valence-electron chi connectivity index (χ2n) is 4.44. The van der Waals surface area contributed by atoms with E-state index in [-0.39, 0.29) is 12.1 Å². The Morgan fingerprint density at radius 2 is 2.12 bits per heavy atom. The molecule has 1 rings (SSSR count). The third-order valence-corrected chi connectivity index (χ3v) is 3.10. The monoisotopic (exact) mass is 255 g/mol. The van der Waals surface area contributed by atoms with Crippen molar-refractivity contribution in [1.29, 1.82) is 0 Å². The lowest BCUT2D eigenvalue weighted by atomic mass is 10.1. The van der Waals surface area contributed by atoms with Crippen LogP contribution in [0.4, 0.5) is 0 Å². The predicted molar refractivity (Wildman–Crippen MR) is 73.7 cm³/mol. The van der Waals surface area contributed by atoms with Gasteiger partial charge < -0.3 is 10.5 Å². The van der Waals surface area contributed by atoms with Gasteiger partial charge in [-0.15, -0.1) is 0 Å². The number of rotatable bonds is 7. The predicted octanol–water partition coefficient (Wildman–Crippen LogP) is 4.01. The Hall–Kier alpha value is -0.730. The van der Waals surface area contributed by atoms with Crippen molar-refractivity contribution in [3.63, 3.8) is 0 Å². The van der Waals surface area contributed by atoms with Crippen LogP contribution >= 0.6 is 11.6 Å². The highest BCUT2D eigenvalue weighted by Gasteiger charge is 2.13. The average molecular weight is 256 g/mol. The Balaban J connectivity index is 2.39. The van der Waals surface area contributed by atoms with Crippen LogP contribution in [0.15, 0.2) is 24.3 Å². The number of ether oxygens (including phenoxy) is 1. The molecule has 2 unspecified atom stereocenters. The van der Waals surface area contributed by atoms with E-state index in [1.807, 2.05) is 31.2 Å². The minimum Gasteiger partial charge on any atom is -0.489 e. The molecule has 0 spiro atoms. The number of unbranched alkanes of at least 4 members (excludes halogenated alkanes) is 2. The summed E-state index contributed by atoms with van der Waals surface area (Å²) >= 11 is 5.90. The summed E-state index contributed by atoms with van der Waals surface area (Å²) in [6, 6.07) is 7.52. The minimum atomic E-state index is 0.0188. The molecule has 2 nitrogen and oxygen atoms in total. The first-order valence-electron chi connectivity index (χ1n) is 6.31. The van der Waals surface area contributed by atoms with E-state index in [2.05, 4.69) is 6.92 Å². The number of hydrogen-bond donors (Lipinski definition) is 1. The Morgan fingerprint density at radius 3 is 2.76 bits per heavy atom. The van der Waals surface area contributed by atoms with Crippen molar-refractivity contribution in [2.75, 3.05) is 0 Å². The Kier molecular flexibility index (Phi) is 6.38. The van der Waals surface area contributed by atoms with Crippen LogP contribution in [0.5, 0.6) is 5.75 Å². The van der Waals surface area contributed by atoms with Crippen LogP contribution in [0, 0.1) is 0 Å². The van der Waals surface area contributed by atoms with Gasteiger partial charge >= 0.3 is 0 Å². The Bertz CT molecular complexity index is 330. The molecule has 0 fully saturated rings. The second-order valence-corrected chi connectivity index (χ2v) is 4.88. The van der Waals surface area contributed by atoms with Crippen LogP contribution in [0.25, 0.3) is 0 Å². The van der Waals surface area contributed by atoms with Gasteiger partial charge in [0.25, 0.3) is 0 Å². The smallest absolute Gasteiger partial charge is 0.121 e. The molecule has 0 saturated carbocycles. The molecule has 17 heavy (non-hydrogen) atoms. The van der Waals surface area contributed by atoms with Gasteiger partial charge in [-0.2, -0.15) is 0 Å². The number of hydrogen-bond acceptors (Lipinski definition) is 2. The van der Waals surface area contributed by atoms with Gasteiger partial charge in [0.1, 0.15) is 11.9 Å². The summed E-state index contributed by atoms with van der Waals surface area (Å²) in [6.07, 6.45) is 4.65. The van der Waals surface area contributed by atoms with E-state index in [1.165, 1.54) is 19.3 Å². The maximum atomic E-state index is 6.09. The molecule has 3 heteroatoms. The highest BCUT2D eigenvalue weighted by atomic mass is 35.5. The highest BCUT2D eigenvalue weighted by molar-refractivity contribution is 6.30. The molecule has 0 aliphatic heterocycles. The fourth-order valence-electron chi connectivity index (χ4n) is 1.71. The maximum Gasteiger partial charge on any atom is 0.121 e. The molecule has 2 N–H and O–H groups in total. The van der Waals surface area contributed by atoms with Crippen LogP contribution < -0.4 is 10.5 Å². The zero-order valence-corrected chi connectivity index (χ0v) is 11.4. The molecule has 0 aliphatic rings. The minimum absolute atomic E-state index is 0.0188. The van der Waals surface area contributed by atoms with Crippen LogP contribution in [-0.4, -0.2) is 12.1 Å². The van der Waals surface area contributed by atoms with Crippen molar-refractivity contribution >= 4 is 11.6 Å². The molecule has 0 saturated heterocycles. The van der Waals surface area contributed by atoms with Crippen LogP contribution in [0.2, 0.25) is 5.02 Å². The van der Waals surface area contributed by atoms with E-state index in [1.54, 1.807) is 0 Å². The summed E-state index contributed by atoms with van der Waals surface area (Å²) in [5.41, 5.74) is 6.09. The molecule has 0 aliphatic carbocycles. The van der Waals surface area contributed by atoms with Gasteiger partial charge in [0.05, 0.1) is 0 Å². The molecular weight excluding hydrogens is 234 g/mol. The van der Waals surface area contributed by atoms with Crippen molar-refractivity contribution in [3.8, 4) is 5.75 Å². The second kappa shape index (κ2) is 7.57. The molecule has 0 bridgehead atoms. The maximum absolute atomic E-state index is 6.09. The average Bonchev–Trinajstić information content (AvgIpc) is 2.29. The third kappa shape index (κ3) is 5.42. The lowest BCUT2D eigenvalue weighted by Gasteiger charge is -2.21. The lowest BCUT2D eigenvalue weighted by Crippen LogP contribution is -2.36. The molecule has 0 heterocycles. The molecule has 0 amide bonds. The first-order chi connectivity index (χ1) is 8.13. The van der Waals surface area contributed by atoms with Gasteiger partial charge in [0, 0.05) is 11.1 Å². The first-order valence-corrected chi connectivity index (χ1v) is 6.69. The summed E-state index contributed by atoms with van der Waals surface area (Å²) in [5.74, 6) is 0.788. The van der Waals surface area contributed by atoms with Crippen molar-refractivity contribution in [2.45, 2.75) is 51.7 Å². The normalized spacial score (nSPS) is 14.4. The summed E-state index contributed by atoms with van der Waals surface area (Å²) in [4.78, 5) is 0. The molecule has 96 valence electrons. The van der Waals surface area contributed by atoms with E-state index < -0.39 is 0 Å². The van der Waals surface area contributed by atoms with Crippen molar-refractivity contribution in [3.05, 3.63) is 29.3 Å². The van der Waals surface area contributed by atoms with E-state index in [9.17, 15) is 0 Å². The topological polar surface area (TPSA) is 35.2 Å². The number of halogens is 1. The van der Waals surface area contributed by atoms with Gasteiger partial charge in [-0.25, -0.2) is 0 Å². The Morgan fingerprint density at radius 1 is 1.35 bits per heavy atom. The fourth-order valence-corrected chi connectivity index (χ4v) is 1.89. The zero-order chi connectivity index (χ0) is 12.7. The lowest BCUT2D eigenvalue weighted by molar-refractivity contribution is 0.183. The highest BCUT2D eigenvalue weighted by Crippen LogP contribution is 2.19. The van der Waals surface area contributed by atoms with Crippen LogP contribution in [0.3, 0.4) is 0 Å². The molecule has 0 radical (unpaired) electrons. The molecule has 1 aromatic rings. The Labute approximate surface area is 109 Å². The number of nitrogens with two attached hydrogens (primary N) is 1. The molecule has 2 atom stereocenters. The van der Waals surface area contributed by atoms with Gasteiger partial charge in [0.15, 0.2) is 0 Å². The zero-order valence-electron chi connectivity index (χ0n) is 10.7. The van der Waals surface area contributed by atoms with E-state index in [0.717, 1.165) is 12.2 Å². The third-order valence-electron chi connectivity index (χ3n) is 2.86. The van der Waals surface area contributed by atoms with Gasteiger partial charge in [-0.05, 0) is 31.5 Å². The molecule has 1 aromatic carbocycles. The fraction of sp³-hybridized carbons (Fsp3) is 0.571. The van der Waals surface area contributed by atoms with Crippen LogP contribution in [-0.2, 0) is 0 Å². The van der Waals surface area contributed by atoms with Gasteiger partial charge in [0.2, 0.25) is 0 Å². The van der Waals surface area contributed by atoms with Crippen LogP contribution in [0.1, 0.15) is 39.5 Å². The summed E-state index contributed by atoms with van der Waals surface area (Å²) in [6.45, 7) is 4.20. The number of benzene rings is 1. The van der Waals surface area contributed by atoms with E-state index in [0.29, 0.717) is 5.02 Å². The summed E-state index contributed by atoms with van der Waals surface area (Å²) in [7, 11) is 0. The van der Waals surface area contributed by atoms with Gasteiger partial charge in [-0.1, -0.05) is 43.9 Å². The van der Waals surface area contributed by atoms with Crippen molar-refractivity contribution < 1.29 is 4.74 Å². The van der Waals surface area contributed by atoms with Gasteiger partial charge in [-0.3, -0.25) is 0 Å². The SMILES string of the molecule is CCCCCC(N)C(C)Oc1cccc(Cl)c1. The first kappa shape index (κ1) is 14.3.